The molecule has 0 radical (unpaired) electrons. The number of benzene rings is 5. The van der Waals surface area contributed by atoms with Crippen LogP contribution in [0.25, 0.3) is 82.3 Å². The predicted molar refractivity (Wildman–Crippen MR) is 177 cm³/mol. The molecule has 0 aliphatic rings. The summed E-state index contributed by atoms with van der Waals surface area (Å²) in [5.74, 6) is 0. The molecule has 0 saturated carbocycles. The minimum Gasteiger partial charge on any atom is -0.309 e. The number of imidazole rings is 1. The molecule has 5 heteroatoms. The number of para-hydroxylation sites is 3. The molecule has 5 nitrogen and oxygen atoms in total. The number of fused-ring (bicyclic) bond motifs is 13. The average Bonchev–Trinajstić information content (AvgIpc) is 3.77. The highest BCUT2D eigenvalue weighted by molar-refractivity contribution is 6.28. The van der Waals surface area contributed by atoms with E-state index in [0.29, 0.717) is 0 Å². The third kappa shape index (κ3) is 2.95. The van der Waals surface area contributed by atoms with Crippen LogP contribution in [0.15, 0.2) is 140 Å². The Kier molecular flexibility index (Phi) is 4.39. The smallest absolute Gasteiger partial charge is 0.146 e. The van der Waals surface area contributed by atoms with Gasteiger partial charge in [-0.25, -0.2) is 4.98 Å². The Labute approximate surface area is 245 Å². The molecule has 5 aromatic heterocycles. The lowest BCUT2D eigenvalue weighted by Gasteiger charge is -2.13. The van der Waals surface area contributed by atoms with Gasteiger partial charge in [0.05, 0.1) is 27.6 Å². The van der Waals surface area contributed by atoms with Crippen LogP contribution in [0.3, 0.4) is 0 Å². The Morgan fingerprint density at radius 2 is 1.16 bits per heavy atom. The molecule has 10 aromatic rings. The van der Waals surface area contributed by atoms with E-state index in [4.69, 9.17) is 4.98 Å². The quantitative estimate of drug-likeness (QED) is 0.202. The highest BCUT2D eigenvalue weighted by Gasteiger charge is 2.22. The largest absolute Gasteiger partial charge is 0.309 e. The lowest BCUT2D eigenvalue weighted by Crippen LogP contribution is -1.97. The van der Waals surface area contributed by atoms with Crippen molar-refractivity contribution >= 4 is 70.9 Å². The van der Waals surface area contributed by atoms with Gasteiger partial charge in [-0.15, -0.1) is 0 Å². The van der Waals surface area contributed by atoms with Gasteiger partial charge in [0.15, 0.2) is 0 Å². The second-order valence-electron chi connectivity index (χ2n) is 11.1. The first kappa shape index (κ1) is 22.7. The second-order valence-corrected chi connectivity index (χ2v) is 11.1. The lowest BCUT2D eigenvalue weighted by atomic mass is 10.0. The number of rotatable bonds is 2. The van der Waals surface area contributed by atoms with Gasteiger partial charge in [0.1, 0.15) is 5.65 Å². The van der Waals surface area contributed by atoms with Gasteiger partial charge in [-0.3, -0.25) is 9.38 Å². The van der Waals surface area contributed by atoms with Crippen LogP contribution in [-0.4, -0.2) is 23.5 Å². The van der Waals surface area contributed by atoms with Crippen molar-refractivity contribution in [2.24, 2.45) is 0 Å². The molecule has 43 heavy (non-hydrogen) atoms. The van der Waals surface area contributed by atoms with Gasteiger partial charge in [-0.2, -0.15) is 0 Å². The topological polar surface area (TPSA) is 40.1 Å². The standard InChI is InChI=1S/C38H23N5/c1-3-9-24(10-4-1)42-32-14-8-7-13-26(32)29-21-35-30(22-34(29)42)28-15-16-33-36(37(28)43(35)25-11-5-2-6-12-25)27-17-18-39-23-31(27)38-40-19-20-41(33)38/h1-23H. The van der Waals surface area contributed by atoms with Crippen LogP contribution in [0, 0.1) is 0 Å². The van der Waals surface area contributed by atoms with Crippen molar-refractivity contribution in [3.05, 3.63) is 140 Å². The summed E-state index contributed by atoms with van der Waals surface area (Å²) in [7, 11) is 0. The van der Waals surface area contributed by atoms with Gasteiger partial charge in [-0.1, -0.05) is 60.7 Å². The van der Waals surface area contributed by atoms with Gasteiger partial charge in [0, 0.05) is 68.5 Å². The van der Waals surface area contributed by atoms with Crippen molar-refractivity contribution in [1.82, 2.24) is 23.5 Å². The van der Waals surface area contributed by atoms with E-state index in [0.717, 1.165) is 33.3 Å². The molecule has 0 unspecified atom stereocenters. The molecule has 0 aliphatic carbocycles. The van der Waals surface area contributed by atoms with Gasteiger partial charge < -0.3 is 9.13 Å². The maximum atomic E-state index is 4.71. The summed E-state index contributed by atoms with van der Waals surface area (Å²) >= 11 is 0. The molecule has 5 heterocycles. The third-order valence-corrected chi connectivity index (χ3v) is 8.96. The summed E-state index contributed by atoms with van der Waals surface area (Å²) in [4.78, 5) is 9.20. The first-order valence-electron chi connectivity index (χ1n) is 14.5. The van der Waals surface area contributed by atoms with Crippen molar-refractivity contribution in [1.29, 1.82) is 0 Å². The summed E-state index contributed by atoms with van der Waals surface area (Å²) in [6.07, 6.45) is 7.75. The Balaban J connectivity index is 1.48. The first-order chi connectivity index (χ1) is 21.4. The highest BCUT2D eigenvalue weighted by Crippen LogP contribution is 2.43. The number of hydrogen-bond acceptors (Lipinski definition) is 2. The minimum absolute atomic E-state index is 0.923. The second kappa shape index (κ2) is 8.30. The van der Waals surface area contributed by atoms with Gasteiger partial charge in [0.25, 0.3) is 0 Å². The molecule has 0 bridgehead atoms. The van der Waals surface area contributed by atoms with Crippen LogP contribution in [0.2, 0.25) is 0 Å². The zero-order chi connectivity index (χ0) is 28.1. The fraction of sp³-hybridized carbons (Fsp3) is 0. The summed E-state index contributed by atoms with van der Waals surface area (Å²) in [6.45, 7) is 0. The van der Waals surface area contributed by atoms with Crippen LogP contribution in [0.5, 0.6) is 0 Å². The first-order valence-corrected chi connectivity index (χ1v) is 14.5. The molecule has 10 rings (SSSR count). The highest BCUT2D eigenvalue weighted by atomic mass is 15.0. The van der Waals surface area contributed by atoms with Crippen LogP contribution in [0.1, 0.15) is 0 Å². The zero-order valence-corrected chi connectivity index (χ0v) is 23.0. The Hall–Kier alpha value is -5.94. The van der Waals surface area contributed by atoms with Crippen LogP contribution in [0.4, 0.5) is 0 Å². The molecule has 0 atom stereocenters. The lowest BCUT2D eigenvalue weighted by molar-refractivity contribution is 1.18. The summed E-state index contributed by atoms with van der Waals surface area (Å²) < 4.78 is 7.04. The molecule has 5 aromatic carbocycles. The molecule has 0 saturated heterocycles. The fourth-order valence-corrected chi connectivity index (χ4v) is 7.21. The van der Waals surface area contributed by atoms with Crippen molar-refractivity contribution in [3.63, 3.8) is 0 Å². The SMILES string of the molecule is c1ccc(-n2c3ccccc3c3cc4c(cc32)c2ccc3c(c5ccncc5c5nccn35)c2n4-c2ccccc2)cc1. The Bertz CT molecular complexity index is 2710. The summed E-state index contributed by atoms with van der Waals surface area (Å²) in [6, 6.07) is 41.6. The number of nitrogens with zero attached hydrogens (tertiary/aromatic N) is 5. The van der Waals surface area contributed by atoms with E-state index >= 15 is 0 Å². The normalized spacial score (nSPS) is 12.2. The molecule has 200 valence electrons. The maximum absolute atomic E-state index is 4.71. The van der Waals surface area contributed by atoms with E-state index < -0.39 is 0 Å². The molecule has 0 aliphatic heterocycles. The van der Waals surface area contributed by atoms with Crippen LogP contribution >= 0.6 is 0 Å². The van der Waals surface area contributed by atoms with Crippen molar-refractivity contribution in [2.45, 2.75) is 0 Å². The van der Waals surface area contributed by atoms with Gasteiger partial charge in [0.2, 0.25) is 0 Å². The third-order valence-electron chi connectivity index (χ3n) is 8.96. The van der Waals surface area contributed by atoms with Crippen molar-refractivity contribution < 1.29 is 0 Å². The molecule has 0 spiro atoms. The van der Waals surface area contributed by atoms with E-state index in [9.17, 15) is 0 Å². The summed E-state index contributed by atoms with van der Waals surface area (Å²) in [5.41, 5.74) is 9.12. The Morgan fingerprint density at radius 1 is 0.465 bits per heavy atom. The number of pyridine rings is 2. The molecule has 0 amide bonds. The van der Waals surface area contributed by atoms with Crippen molar-refractivity contribution in [3.8, 4) is 11.4 Å². The van der Waals surface area contributed by atoms with E-state index in [1.165, 1.54) is 49.0 Å². The monoisotopic (exact) mass is 549 g/mol. The number of aromatic nitrogens is 5. The van der Waals surface area contributed by atoms with Crippen molar-refractivity contribution in [2.75, 3.05) is 0 Å². The van der Waals surface area contributed by atoms with Crippen LogP contribution in [-0.2, 0) is 0 Å². The van der Waals surface area contributed by atoms with Crippen LogP contribution < -0.4 is 0 Å². The summed E-state index contributed by atoms with van der Waals surface area (Å²) in [5, 5.41) is 8.32. The molecule has 0 N–H and O–H groups in total. The minimum atomic E-state index is 0.923. The van der Waals surface area contributed by atoms with E-state index in [1.54, 1.807) is 0 Å². The van der Waals surface area contributed by atoms with Gasteiger partial charge >= 0.3 is 0 Å². The molecule has 0 fully saturated rings. The maximum Gasteiger partial charge on any atom is 0.146 e. The van der Waals surface area contributed by atoms with E-state index in [1.807, 2.05) is 18.6 Å². The van der Waals surface area contributed by atoms with E-state index in [-0.39, 0.29) is 0 Å². The zero-order valence-electron chi connectivity index (χ0n) is 23.0. The molecular weight excluding hydrogens is 526 g/mol. The fourth-order valence-electron chi connectivity index (χ4n) is 7.21. The predicted octanol–water partition coefficient (Wildman–Crippen LogP) is 9.23. The average molecular weight is 550 g/mol. The number of hydrogen-bond donors (Lipinski definition) is 0. The van der Waals surface area contributed by atoms with Gasteiger partial charge in [-0.05, 0) is 60.0 Å². The van der Waals surface area contributed by atoms with E-state index in [2.05, 4.69) is 140 Å². The molecular formula is C38H23N5. The Morgan fingerprint density at radius 3 is 1.98 bits per heavy atom.